The highest BCUT2D eigenvalue weighted by Crippen LogP contribution is 2.21. The van der Waals surface area contributed by atoms with E-state index in [2.05, 4.69) is 23.3 Å². The predicted molar refractivity (Wildman–Crippen MR) is 117 cm³/mol. The van der Waals surface area contributed by atoms with E-state index >= 15 is 0 Å². The van der Waals surface area contributed by atoms with Crippen LogP contribution in [0.1, 0.15) is 77.5 Å². The first-order valence-corrected chi connectivity index (χ1v) is 11.3. The van der Waals surface area contributed by atoms with Crippen molar-refractivity contribution in [1.82, 2.24) is 23.6 Å². The molecule has 3 rings (SSSR count). The molecule has 0 saturated carbocycles. The number of hydrogen-bond donors (Lipinski definition) is 0. The average Bonchev–Trinajstić information content (AvgIpc) is 3.07. The molecule has 3 heterocycles. The lowest BCUT2D eigenvalue weighted by atomic mass is 10.0. The zero-order chi connectivity index (χ0) is 21.0. The van der Waals surface area contributed by atoms with E-state index in [1.54, 1.807) is 14.1 Å². The lowest BCUT2D eigenvalue weighted by molar-refractivity contribution is 0.147. The van der Waals surface area contributed by atoms with Crippen LogP contribution in [0.5, 0.6) is 0 Å². The number of aromatic nitrogens is 4. The van der Waals surface area contributed by atoms with Gasteiger partial charge < -0.3 is 4.57 Å². The summed E-state index contributed by atoms with van der Waals surface area (Å²) in [6.07, 6.45) is 10.9. The maximum atomic E-state index is 12.9. The van der Waals surface area contributed by atoms with Crippen molar-refractivity contribution >= 4 is 11.2 Å². The molecule has 2 aromatic rings. The van der Waals surface area contributed by atoms with Crippen LogP contribution in [0.25, 0.3) is 11.2 Å². The first kappa shape index (κ1) is 21.8. The number of aryl methyl sites for hydroxylation is 2. The molecule has 1 aliphatic rings. The number of likely N-dealkylation sites (tertiary alicyclic amines) is 1. The second kappa shape index (κ2) is 9.74. The minimum atomic E-state index is -0.315. The van der Waals surface area contributed by atoms with E-state index in [0.717, 1.165) is 38.3 Å². The quantitative estimate of drug-likeness (QED) is 0.603. The van der Waals surface area contributed by atoms with Crippen LogP contribution in [0.15, 0.2) is 9.59 Å². The molecule has 1 fully saturated rings. The highest BCUT2D eigenvalue weighted by atomic mass is 16.2. The van der Waals surface area contributed by atoms with E-state index in [0.29, 0.717) is 17.2 Å². The molecule has 1 saturated heterocycles. The number of piperidine rings is 1. The molecule has 0 aromatic carbocycles. The molecule has 0 unspecified atom stereocenters. The Kier molecular flexibility index (Phi) is 7.33. The Morgan fingerprint density at radius 1 is 1.00 bits per heavy atom. The van der Waals surface area contributed by atoms with E-state index in [9.17, 15) is 9.59 Å². The van der Waals surface area contributed by atoms with Gasteiger partial charge in [0.15, 0.2) is 11.2 Å². The summed E-state index contributed by atoms with van der Waals surface area (Å²) in [6, 6.07) is 0.526. The standard InChI is InChI=1S/C22H37N5O2/c1-5-6-7-8-9-11-15-27-18(16-26-14-12-10-13-17(26)2)23-20-19(27)21(28)25(4)22(29)24(20)3/h17H,5-16H2,1-4H3/t17-/m0/s1. The lowest BCUT2D eigenvalue weighted by Crippen LogP contribution is -2.38. The third kappa shape index (κ3) is 4.65. The largest absolute Gasteiger partial charge is 0.332 e. The molecule has 7 nitrogen and oxygen atoms in total. The minimum Gasteiger partial charge on any atom is -0.321 e. The monoisotopic (exact) mass is 403 g/mol. The number of rotatable bonds is 9. The fourth-order valence-corrected chi connectivity index (χ4v) is 4.48. The molecular weight excluding hydrogens is 366 g/mol. The van der Waals surface area contributed by atoms with Gasteiger partial charge in [-0.1, -0.05) is 45.4 Å². The molecule has 1 atom stereocenters. The van der Waals surface area contributed by atoms with E-state index in [4.69, 9.17) is 4.98 Å². The van der Waals surface area contributed by atoms with Gasteiger partial charge in [-0.3, -0.25) is 18.8 Å². The third-order valence-corrected chi connectivity index (χ3v) is 6.45. The lowest BCUT2D eigenvalue weighted by Gasteiger charge is -2.33. The predicted octanol–water partition coefficient (Wildman–Crippen LogP) is 3.17. The van der Waals surface area contributed by atoms with Crippen LogP contribution in [0, 0.1) is 0 Å². The van der Waals surface area contributed by atoms with Gasteiger partial charge in [0, 0.05) is 26.7 Å². The first-order valence-electron chi connectivity index (χ1n) is 11.3. The van der Waals surface area contributed by atoms with Gasteiger partial charge in [0.05, 0.1) is 6.54 Å². The molecule has 0 amide bonds. The first-order chi connectivity index (χ1) is 14.0. The second-order valence-electron chi connectivity index (χ2n) is 8.64. The minimum absolute atomic E-state index is 0.237. The van der Waals surface area contributed by atoms with Crippen LogP contribution >= 0.6 is 0 Å². The number of fused-ring (bicyclic) bond motifs is 1. The molecule has 162 valence electrons. The summed E-state index contributed by atoms with van der Waals surface area (Å²) in [7, 11) is 3.26. The Hall–Kier alpha value is -1.89. The average molecular weight is 404 g/mol. The van der Waals surface area contributed by atoms with Crippen molar-refractivity contribution in [2.45, 2.75) is 90.8 Å². The topological polar surface area (TPSA) is 65.1 Å². The Bertz CT molecular complexity index is 939. The van der Waals surface area contributed by atoms with Gasteiger partial charge in [-0.2, -0.15) is 0 Å². The van der Waals surface area contributed by atoms with E-state index in [1.165, 1.54) is 54.1 Å². The van der Waals surface area contributed by atoms with Gasteiger partial charge in [0.1, 0.15) is 5.82 Å². The van der Waals surface area contributed by atoms with Crippen LogP contribution in [0.2, 0.25) is 0 Å². The van der Waals surface area contributed by atoms with Crippen molar-refractivity contribution in [3.05, 3.63) is 26.7 Å². The van der Waals surface area contributed by atoms with Gasteiger partial charge in [0.25, 0.3) is 5.56 Å². The molecule has 7 heteroatoms. The van der Waals surface area contributed by atoms with Crippen LogP contribution in [0.4, 0.5) is 0 Å². The summed E-state index contributed by atoms with van der Waals surface area (Å²) in [6.45, 7) is 7.09. The molecule has 0 radical (unpaired) electrons. The molecular formula is C22H37N5O2. The summed E-state index contributed by atoms with van der Waals surface area (Å²) in [5.41, 5.74) is 0.538. The number of unbranched alkanes of at least 4 members (excludes halogenated alkanes) is 5. The Balaban J connectivity index is 1.93. The van der Waals surface area contributed by atoms with Gasteiger partial charge >= 0.3 is 5.69 Å². The molecule has 0 bridgehead atoms. The zero-order valence-electron chi connectivity index (χ0n) is 18.6. The number of nitrogens with zero attached hydrogens (tertiary/aromatic N) is 5. The number of hydrogen-bond acceptors (Lipinski definition) is 4. The Labute approximate surface area is 173 Å². The summed E-state index contributed by atoms with van der Waals surface area (Å²) >= 11 is 0. The van der Waals surface area contributed by atoms with Crippen molar-refractivity contribution in [2.24, 2.45) is 14.1 Å². The molecule has 0 spiro atoms. The van der Waals surface area contributed by atoms with Crippen LogP contribution in [0.3, 0.4) is 0 Å². The molecule has 1 aliphatic heterocycles. The van der Waals surface area contributed by atoms with E-state index in [-0.39, 0.29) is 11.2 Å². The summed E-state index contributed by atoms with van der Waals surface area (Å²) in [4.78, 5) is 32.6. The van der Waals surface area contributed by atoms with Crippen molar-refractivity contribution < 1.29 is 0 Å². The Morgan fingerprint density at radius 2 is 1.72 bits per heavy atom. The van der Waals surface area contributed by atoms with E-state index < -0.39 is 0 Å². The molecule has 0 aliphatic carbocycles. The van der Waals surface area contributed by atoms with Gasteiger partial charge in [-0.15, -0.1) is 0 Å². The fraction of sp³-hybridized carbons (Fsp3) is 0.773. The zero-order valence-corrected chi connectivity index (χ0v) is 18.6. The summed E-state index contributed by atoms with van der Waals surface area (Å²) in [5.74, 6) is 0.917. The third-order valence-electron chi connectivity index (χ3n) is 6.45. The number of imidazole rings is 1. The summed E-state index contributed by atoms with van der Waals surface area (Å²) in [5, 5.41) is 0. The van der Waals surface area contributed by atoms with Gasteiger partial charge in [-0.05, 0) is 32.7 Å². The van der Waals surface area contributed by atoms with Gasteiger partial charge in [0.2, 0.25) is 0 Å². The SMILES string of the molecule is CCCCCCCCn1c(CN2CCCC[C@@H]2C)nc2c1c(=O)n(C)c(=O)n2C. The normalized spacial score (nSPS) is 18.0. The van der Waals surface area contributed by atoms with E-state index in [1.807, 2.05) is 0 Å². The maximum absolute atomic E-state index is 12.9. The highest BCUT2D eigenvalue weighted by molar-refractivity contribution is 5.71. The maximum Gasteiger partial charge on any atom is 0.332 e. The second-order valence-corrected chi connectivity index (χ2v) is 8.64. The van der Waals surface area contributed by atoms with Crippen LogP contribution in [-0.4, -0.2) is 36.2 Å². The highest BCUT2D eigenvalue weighted by Gasteiger charge is 2.23. The van der Waals surface area contributed by atoms with Crippen LogP contribution in [-0.2, 0) is 27.2 Å². The summed E-state index contributed by atoms with van der Waals surface area (Å²) < 4.78 is 4.81. The molecule has 0 N–H and O–H groups in total. The van der Waals surface area contributed by atoms with Crippen molar-refractivity contribution in [3.8, 4) is 0 Å². The fourth-order valence-electron chi connectivity index (χ4n) is 4.48. The van der Waals surface area contributed by atoms with Crippen molar-refractivity contribution in [3.63, 3.8) is 0 Å². The van der Waals surface area contributed by atoms with Crippen LogP contribution < -0.4 is 11.2 Å². The van der Waals surface area contributed by atoms with Crippen molar-refractivity contribution in [2.75, 3.05) is 6.54 Å². The smallest absolute Gasteiger partial charge is 0.321 e. The molecule has 29 heavy (non-hydrogen) atoms. The molecule has 2 aromatic heterocycles. The Morgan fingerprint density at radius 3 is 2.45 bits per heavy atom. The van der Waals surface area contributed by atoms with Crippen molar-refractivity contribution in [1.29, 1.82) is 0 Å². The van der Waals surface area contributed by atoms with Gasteiger partial charge in [-0.25, -0.2) is 9.78 Å².